The maximum absolute atomic E-state index is 13.5. The first-order chi connectivity index (χ1) is 9.58. The molecule has 0 saturated carbocycles. The molecule has 20 heavy (non-hydrogen) atoms. The Labute approximate surface area is 125 Å². The molecule has 0 aromatic heterocycles. The third-order valence-electron chi connectivity index (χ3n) is 3.00. The highest BCUT2D eigenvalue weighted by Gasteiger charge is 2.20. The summed E-state index contributed by atoms with van der Waals surface area (Å²) in [4.78, 5) is 0. The van der Waals surface area contributed by atoms with Crippen molar-refractivity contribution in [3.63, 3.8) is 0 Å². The summed E-state index contributed by atoms with van der Waals surface area (Å²) in [7, 11) is 2.96. The largest absolute Gasteiger partial charge is 0.496 e. The van der Waals surface area contributed by atoms with Crippen LogP contribution in [-0.2, 0) is 0 Å². The number of aliphatic hydroxyl groups is 1. The van der Waals surface area contributed by atoms with Gasteiger partial charge >= 0.3 is 0 Å². The predicted molar refractivity (Wildman–Crippen MR) is 77.7 cm³/mol. The van der Waals surface area contributed by atoms with Crippen molar-refractivity contribution in [3.8, 4) is 11.5 Å². The van der Waals surface area contributed by atoms with Crippen molar-refractivity contribution in [3.05, 3.63) is 57.8 Å². The molecule has 2 aromatic rings. The van der Waals surface area contributed by atoms with E-state index in [1.54, 1.807) is 18.2 Å². The first-order valence-corrected chi connectivity index (χ1v) is 6.71. The van der Waals surface area contributed by atoms with E-state index in [-0.39, 0.29) is 10.2 Å². The summed E-state index contributed by atoms with van der Waals surface area (Å²) in [6.07, 6.45) is -0.974. The highest BCUT2D eigenvalue weighted by Crippen LogP contribution is 2.37. The molecule has 5 heteroatoms. The summed E-state index contributed by atoms with van der Waals surface area (Å²) in [6, 6.07) is 9.85. The highest BCUT2D eigenvalue weighted by molar-refractivity contribution is 9.10. The smallest absolute Gasteiger partial charge is 0.141 e. The second-order valence-corrected chi connectivity index (χ2v) is 5.01. The number of para-hydroxylation sites is 1. The molecular weight excluding hydrogens is 327 g/mol. The summed E-state index contributed by atoms with van der Waals surface area (Å²) < 4.78 is 24.2. The van der Waals surface area contributed by atoms with Crippen LogP contribution < -0.4 is 9.47 Å². The molecule has 0 aliphatic rings. The average molecular weight is 341 g/mol. The Balaban J connectivity index is 2.52. The molecule has 0 fully saturated rings. The monoisotopic (exact) mass is 340 g/mol. The van der Waals surface area contributed by atoms with Gasteiger partial charge in [-0.2, -0.15) is 0 Å². The van der Waals surface area contributed by atoms with Gasteiger partial charge in [0.15, 0.2) is 0 Å². The van der Waals surface area contributed by atoms with Crippen LogP contribution in [0.1, 0.15) is 17.2 Å². The van der Waals surface area contributed by atoms with Crippen LogP contribution in [0.15, 0.2) is 40.9 Å². The maximum atomic E-state index is 13.5. The molecule has 1 atom stereocenters. The molecule has 2 rings (SSSR count). The Morgan fingerprint density at radius 1 is 1.05 bits per heavy atom. The van der Waals surface area contributed by atoms with Crippen LogP contribution in [0.3, 0.4) is 0 Å². The second kappa shape index (κ2) is 6.24. The van der Waals surface area contributed by atoms with Gasteiger partial charge in [0.05, 0.1) is 18.7 Å². The van der Waals surface area contributed by atoms with Gasteiger partial charge in [0.1, 0.15) is 23.4 Å². The van der Waals surface area contributed by atoms with E-state index in [0.29, 0.717) is 16.9 Å². The van der Waals surface area contributed by atoms with E-state index >= 15 is 0 Å². The molecule has 1 unspecified atom stereocenters. The van der Waals surface area contributed by atoms with Crippen LogP contribution in [0.5, 0.6) is 11.5 Å². The Hall–Kier alpha value is -1.59. The Morgan fingerprint density at radius 3 is 2.35 bits per heavy atom. The summed E-state index contributed by atoms with van der Waals surface area (Å²) >= 11 is 3.11. The van der Waals surface area contributed by atoms with Crippen LogP contribution in [0.4, 0.5) is 4.39 Å². The molecule has 3 nitrogen and oxygen atoms in total. The summed E-state index contributed by atoms with van der Waals surface area (Å²) in [6.45, 7) is 0. The third-order valence-corrected chi connectivity index (χ3v) is 3.61. The van der Waals surface area contributed by atoms with Crippen LogP contribution >= 0.6 is 15.9 Å². The molecule has 0 amide bonds. The van der Waals surface area contributed by atoms with E-state index < -0.39 is 11.9 Å². The molecule has 0 heterocycles. The molecule has 2 aromatic carbocycles. The third kappa shape index (κ3) is 2.78. The number of hydrogen-bond acceptors (Lipinski definition) is 3. The van der Waals surface area contributed by atoms with Gasteiger partial charge in [0, 0.05) is 17.2 Å². The average Bonchev–Trinajstić information content (AvgIpc) is 2.48. The lowest BCUT2D eigenvalue weighted by Gasteiger charge is -2.18. The molecule has 0 bridgehead atoms. The molecule has 0 saturated heterocycles. The Morgan fingerprint density at radius 2 is 1.70 bits per heavy atom. The van der Waals surface area contributed by atoms with Gasteiger partial charge < -0.3 is 14.6 Å². The van der Waals surface area contributed by atoms with Crippen molar-refractivity contribution in [2.24, 2.45) is 0 Å². The summed E-state index contributed by atoms with van der Waals surface area (Å²) in [5.74, 6) is 0.393. The number of halogens is 2. The molecule has 1 N–H and O–H groups in total. The predicted octanol–water partition coefficient (Wildman–Crippen LogP) is 3.69. The van der Waals surface area contributed by atoms with Gasteiger partial charge in [-0.3, -0.25) is 0 Å². The number of methoxy groups -OCH3 is 2. The van der Waals surface area contributed by atoms with Crippen molar-refractivity contribution in [1.82, 2.24) is 0 Å². The molecule has 0 spiro atoms. The van der Waals surface area contributed by atoms with Gasteiger partial charge in [-0.25, -0.2) is 4.39 Å². The van der Waals surface area contributed by atoms with Crippen molar-refractivity contribution in [2.75, 3.05) is 14.2 Å². The SMILES string of the molecule is COc1ccccc1C(O)c1cc(Br)c(F)cc1OC. The minimum atomic E-state index is -0.974. The Bertz CT molecular complexity index is 616. The van der Waals surface area contributed by atoms with Gasteiger partial charge in [-0.05, 0) is 28.1 Å². The lowest BCUT2D eigenvalue weighted by molar-refractivity contribution is 0.209. The number of ether oxygens (including phenoxy) is 2. The van der Waals surface area contributed by atoms with E-state index in [1.165, 1.54) is 26.4 Å². The van der Waals surface area contributed by atoms with Crippen LogP contribution in [0.25, 0.3) is 0 Å². The number of aliphatic hydroxyl groups excluding tert-OH is 1. The van der Waals surface area contributed by atoms with Gasteiger partial charge in [0.2, 0.25) is 0 Å². The van der Waals surface area contributed by atoms with Crippen LogP contribution in [0, 0.1) is 5.82 Å². The lowest BCUT2D eigenvalue weighted by atomic mass is 9.99. The quantitative estimate of drug-likeness (QED) is 0.922. The van der Waals surface area contributed by atoms with E-state index in [2.05, 4.69) is 15.9 Å². The molecule has 0 aliphatic carbocycles. The first kappa shape index (κ1) is 14.8. The van der Waals surface area contributed by atoms with Gasteiger partial charge in [-0.1, -0.05) is 18.2 Å². The molecule has 106 valence electrons. The molecular formula is C15H14BrFO3. The van der Waals surface area contributed by atoms with Crippen molar-refractivity contribution in [2.45, 2.75) is 6.10 Å². The standard InChI is InChI=1S/C15H14BrFO3/c1-19-13-6-4-3-5-9(13)15(18)10-7-11(16)12(17)8-14(10)20-2/h3-8,15,18H,1-2H3. The zero-order valence-corrected chi connectivity index (χ0v) is 12.6. The summed E-state index contributed by atoms with van der Waals surface area (Å²) in [5.41, 5.74) is 1.05. The fraction of sp³-hybridized carbons (Fsp3) is 0.200. The number of benzene rings is 2. The van der Waals surface area contributed by atoms with Crippen LogP contribution in [0.2, 0.25) is 0 Å². The van der Waals surface area contributed by atoms with Crippen molar-refractivity contribution in [1.29, 1.82) is 0 Å². The Kier molecular flexibility index (Phi) is 4.62. The van der Waals surface area contributed by atoms with Gasteiger partial charge in [-0.15, -0.1) is 0 Å². The van der Waals surface area contributed by atoms with Crippen LogP contribution in [-0.4, -0.2) is 19.3 Å². The van der Waals surface area contributed by atoms with E-state index in [1.807, 2.05) is 6.07 Å². The van der Waals surface area contributed by atoms with E-state index in [4.69, 9.17) is 9.47 Å². The lowest BCUT2D eigenvalue weighted by Crippen LogP contribution is -2.05. The normalized spacial score (nSPS) is 12.1. The zero-order valence-electron chi connectivity index (χ0n) is 11.1. The molecule has 0 radical (unpaired) electrons. The fourth-order valence-electron chi connectivity index (χ4n) is 1.99. The minimum absolute atomic E-state index is 0.266. The van der Waals surface area contributed by atoms with E-state index in [0.717, 1.165) is 0 Å². The zero-order chi connectivity index (χ0) is 14.7. The number of hydrogen-bond donors (Lipinski definition) is 1. The second-order valence-electron chi connectivity index (χ2n) is 4.15. The minimum Gasteiger partial charge on any atom is -0.496 e. The topological polar surface area (TPSA) is 38.7 Å². The number of rotatable bonds is 4. The molecule has 0 aliphatic heterocycles. The van der Waals surface area contributed by atoms with E-state index in [9.17, 15) is 9.50 Å². The summed E-state index contributed by atoms with van der Waals surface area (Å²) in [5, 5.41) is 10.5. The highest BCUT2D eigenvalue weighted by atomic mass is 79.9. The van der Waals surface area contributed by atoms with Crippen molar-refractivity contribution >= 4 is 15.9 Å². The maximum Gasteiger partial charge on any atom is 0.141 e. The first-order valence-electron chi connectivity index (χ1n) is 5.92. The fourth-order valence-corrected chi connectivity index (χ4v) is 2.36. The van der Waals surface area contributed by atoms with Crippen molar-refractivity contribution < 1.29 is 19.0 Å². The van der Waals surface area contributed by atoms with Gasteiger partial charge in [0.25, 0.3) is 0 Å².